The lowest BCUT2D eigenvalue weighted by Crippen LogP contribution is -2.09. The number of halogens is 5. The summed E-state index contributed by atoms with van der Waals surface area (Å²) in [4.78, 5) is 15.8. The van der Waals surface area contributed by atoms with Crippen LogP contribution in [0.25, 0.3) is 0 Å². The van der Waals surface area contributed by atoms with E-state index in [4.69, 9.17) is 21.1 Å². The topological polar surface area (TPSA) is 90.6 Å². The fourth-order valence-corrected chi connectivity index (χ4v) is 4.03. The molecular weight excluding hydrogens is 514 g/mol. The lowest BCUT2D eigenvalue weighted by molar-refractivity contribution is -0.142. The van der Waals surface area contributed by atoms with Gasteiger partial charge in [-0.1, -0.05) is 11.6 Å². The molecule has 2 aromatic heterocycles. The SMILES string of the molecule is CCOC(=O)Cc1csc(NN=Cc2ccc(OC)c(Cn3nc(C(F)F)c(Cl)c3C(F)F)c2)n1. The van der Waals surface area contributed by atoms with Crippen LogP contribution in [0.2, 0.25) is 5.02 Å². The van der Waals surface area contributed by atoms with E-state index in [0.29, 0.717) is 27.7 Å². The predicted octanol–water partition coefficient (Wildman–Crippen LogP) is 5.48. The quantitative estimate of drug-likeness (QED) is 0.152. The number of carbonyl (C=O) groups is 1. The smallest absolute Gasteiger partial charge is 0.311 e. The first-order chi connectivity index (χ1) is 16.7. The molecule has 1 N–H and O–H groups in total. The molecule has 0 aliphatic carbocycles. The Bertz CT molecular complexity index is 1200. The first-order valence-corrected chi connectivity index (χ1v) is 11.4. The monoisotopic (exact) mass is 533 g/mol. The van der Waals surface area contributed by atoms with E-state index in [2.05, 4.69) is 20.6 Å². The van der Waals surface area contributed by atoms with Crippen molar-refractivity contribution in [2.45, 2.75) is 32.7 Å². The van der Waals surface area contributed by atoms with Crippen LogP contribution in [0.3, 0.4) is 0 Å². The third kappa shape index (κ3) is 6.69. The van der Waals surface area contributed by atoms with Crippen LogP contribution in [0, 0.1) is 0 Å². The number of hydrogen-bond donors (Lipinski definition) is 1. The fourth-order valence-electron chi connectivity index (χ4n) is 3.07. The van der Waals surface area contributed by atoms with E-state index in [-0.39, 0.29) is 25.5 Å². The Hall–Kier alpha value is -3.19. The first-order valence-electron chi connectivity index (χ1n) is 10.1. The van der Waals surface area contributed by atoms with Crippen LogP contribution in [0.5, 0.6) is 5.75 Å². The molecule has 1 aromatic carbocycles. The van der Waals surface area contributed by atoms with Crippen molar-refractivity contribution in [1.82, 2.24) is 14.8 Å². The van der Waals surface area contributed by atoms with Gasteiger partial charge < -0.3 is 9.47 Å². The molecule has 8 nitrogen and oxygen atoms in total. The van der Waals surface area contributed by atoms with E-state index >= 15 is 0 Å². The maximum absolute atomic E-state index is 13.5. The van der Waals surface area contributed by atoms with Crippen LogP contribution in [0.4, 0.5) is 22.7 Å². The van der Waals surface area contributed by atoms with E-state index < -0.39 is 29.3 Å². The summed E-state index contributed by atoms with van der Waals surface area (Å²) >= 11 is 6.97. The molecule has 0 aliphatic rings. The molecule has 188 valence electrons. The molecule has 0 amide bonds. The molecule has 14 heteroatoms. The fraction of sp³-hybridized carbons (Fsp3) is 0.333. The van der Waals surface area contributed by atoms with Crippen molar-refractivity contribution >= 4 is 40.3 Å². The average Bonchev–Trinajstić information content (AvgIpc) is 3.37. The van der Waals surface area contributed by atoms with Crippen molar-refractivity contribution in [3.8, 4) is 5.75 Å². The molecule has 0 aliphatic heterocycles. The number of nitrogens with zero attached hydrogens (tertiary/aromatic N) is 4. The number of nitrogens with one attached hydrogen (secondary N) is 1. The molecule has 2 heterocycles. The van der Waals surface area contributed by atoms with Crippen molar-refractivity contribution in [3.63, 3.8) is 0 Å². The number of benzene rings is 1. The Labute approximate surface area is 206 Å². The lowest BCUT2D eigenvalue weighted by atomic mass is 10.1. The summed E-state index contributed by atoms with van der Waals surface area (Å²) in [5.74, 6) is -0.0446. The molecule has 0 fully saturated rings. The van der Waals surface area contributed by atoms with Gasteiger partial charge in [-0.2, -0.15) is 10.2 Å². The minimum Gasteiger partial charge on any atom is -0.496 e. The summed E-state index contributed by atoms with van der Waals surface area (Å²) in [6.45, 7) is 1.72. The van der Waals surface area contributed by atoms with Gasteiger partial charge in [-0.15, -0.1) is 11.3 Å². The average molecular weight is 534 g/mol. The van der Waals surface area contributed by atoms with Gasteiger partial charge in [0.15, 0.2) is 0 Å². The molecular formula is C21H20ClF4N5O3S. The van der Waals surface area contributed by atoms with E-state index in [1.807, 2.05) is 0 Å². The van der Waals surface area contributed by atoms with Crippen molar-refractivity contribution in [1.29, 1.82) is 0 Å². The van der Waals surface area contributed by atoms with Crippen molar-refractivity contribution in [3.05, 3.63) is 56.8 Å². The summed E-state index contributed by atoms with van der Waals surface area (Å²) in [5, 5.41) is 9.05. The summed E-state index contributed by atoms with van der Waals surface area (Å²) in [6, 6.07) is 4.83. The number of rotatable bonds is 11. The number of anilines is 1. The molecule has 0 bridgehead atoms. The van der Waals surface area contributed by atoms with Gasteiger partial charge in [-0.25, -0.2) is 22.5 Å². The summed E-state index contributed by atoms with van der Waals surface area (Å²) in [5.41, 5.74) is 2.52. The number of thiazole rings is 1. The van der Waals surface area contributed by atoms with Gasteiger partial charge in [-0.05, 0) is 30.7 Å². The third-order valence-electron chi connectivity index (χ3n) is 4.55. The zero-order valence-electron chi connectivity index (χ0n) is 18.5. The Morgan fingerprint density at radius 2 is 2.09 bits per heavy atom. The highest BCUT2D eigenvalue weighted by atomic mass is 35.5. The molecule has 35 heavy (non-hydrogen) atoms. The third-order valence-corrected chi connectivity index (χ3v) is 5.73. The van der Waals surface area contributed by atoms with Crippen LogP contribution < -0.4 is 10.2 Å². The maximum Gasteiger partial charge on any atom is 0.311 e. The zero-order valence-corrected chi connectivity index (χ0v) is 20.0. The van der Waals surface area contributed by atoms with E-state index in [0.717, 1.165) is 4.68 Å². The van der Waals surface area contributed by atoms with Crippen LogP contribution in [-0.2, 0) is 22.5 Å². The second-order valence-corrected chi connectivity index (χ2v) is 8.15. The van der Waals surface area contributed by atoms with Crippen molar-refractivity contribution < 1.29 is 31.8 Å². The van der Waals surface area contributed by atoms with Crippen molar-refractivity contribution in [2.24, 2.45) is 5.10 Å². The van der Waals surface area contributed by atoms with E-state index in [1.165, 1.54) is 24.7 Å². The summed E-state index contributed by atoms with van der Waals surface area (Å²) in [6.07, 6.45) is -4.71. The van der Waals surface area contributed by atoms with Gasteiger partial charge >= 0.3 is 5.97 Å². The Balaban J connectivity index is 1.76. The normalized spacial score (nSPS) is 11.6. The standard InChI is InChI=1S/C21H20ClF4N5O3S/c1-3-34-15(32)7-13-10-35-21(28-13)29-27-8-11-4-5-14(33-2)12(6-11)9-31-18(20(25)26)16(22)17(30-31)19(23)24/h4-6,8,10,19-20H,3,7,9H2,1-2H3,(H,28,29). The molecule has 0 saturated heterocycles. The number of aromatic nitrogens is 3. The second kappa shape index (κ2) is 12.0. The van der Waals surface area contributed by atoms with Crippen LogP contribution in [-0.4, -0.2) is 40.7 Å². The highest BCUT2D eigenvalue weighted by molar-refractivity contribution is 7.13. The molecule has 0 unspecified atom stereocenters. The minimum atomic E-state index is -3.10. The Kier molecular flexibility index (Phi) is 9.04. The summed E-state index contributed by atoms with van der Waals surface area (Å²) in [7, 11) is 1.39. The van der Waals surface area contributed by atoms with E-state index in [1.54, 1.807) is 30.5 Å². The second-order valence-electron chi connectivity index (χ2n) is 6.91. The van der Waals surface area contributed by atoms with Gasteiger partial charge in [0.25, 0.3) is 12.9 Å². The number of ether oxygens (including phenoxy) is 2. The molecule has 0 atom stereocenters. The molecule has 0 radical (unpaired) electrons. The Morgan fingerprint density at radius 1 is 1.31 bits per heavy atom. The molecule has 3 aromatic rings. The van der Waals surface area contributed by atoms with Gasteiger partial charge in [0, 0.05) is 10.9 Å². The van der Waals surface area contributed by atoms with Gasteiger partial charge in [0.05, 0.1) is 43.6 Å². The minimum absolute atomic E-state index is 0.0445. The zero-order chi connectivity index (χ0) is 25.5. The van der Waals surface area contributed by atoms with E-state index in [9.17, 15) is 22.4 Å². The summed E-state index contributed by atoms with van der Waals surface area (Å²) < 4.78 is 64.1. The van der Waals surface area contributed by atoms with Crippen LogP contribution in [0.1, 0.15) is 48.0 Å². The molecule has 0 spiro atoms. The van der Waals surface area contributed by atoms with Crippen molar-refractivity contribution in [2.75, 3.05) is 19.1 Å². The first kappa shape index (κ1) is 26.4. The predicted molar refractivity (Wildman–Crippen MR) is 123 cm³/mol. The number of carbonyl (C=O) groups excluding carboxylic acids is 1. The Morgan fingerprint density at radius 3 is 2.74 bits per heavy atom. The number of hydrazone groups is 1. The van der Waals surface area contributed by atoms with Gasteiger partial charge in [0.1, 0.15) is 17.1 Å². The lowest BCUT2D eigenvalue weighted by Gasteiger charge is -2.12. The van der Waals surface area contributed by atoms with Gasteiger partial charge in [-0.3, -0.25) is 14.9 Å². The number of methoxy groups -OCH3 is 1. The highest BCUT2D eigenvalue weighted by Crippen LogP contribution is 2.35. The highest BCUT2D eigenvalue weighted by Gasteiger charge is 2.28. The molecule has 0 saturated carbocycles. The number of esters is 1. The van der Waals surface area contributed by atoms with Gasteiger partial charge in [0.2, 0.25) is 5.13 Å². The largest absolute Gasteiger partial charge is 0.496 e. The van der Waals surface area contributed by atoms with Crippen LogP contribution >= 0.6 is 22.9 Å². The van der Waals surface area contributed by atoms with Crippen LogP contribution in [0.15, 0.2) is 28.7 Å². The maximum atomic E-state index is 13.5. The molecule has 3 rings (SSSR count). The number of alkyl halides is 4. The number of hydrogen-bond acceptors (Lipinski definition) is 8.